The minimum absolute atomic E-state index is 0.00578. The summed E-state index contributed by atoms with van der Waals surface area (Å²) in [6.45, 7) is 1.75. The molecule has 2 amide bonds. The second-order valence-electron chi connectivity index (χ2n) is 8.63. The largest absolute Gasteiger partial charge is 0.490 e. The van der Waals surface area contributed by atoms with Crippen LogP contribution in [0.5, 0.6) is 11.5 Å². The number of carbonyl (C=O) groups excluding carboxylic acids is 2. The molecular formula is C26H32N2O4. The highest BCUT2D eigenvalue weighted by atomic mass is 16.5. The normalized spacial score (nSPS) is 16.1. The Bertz CT molecular complexity index is 937. The zero-order chi connectivity index (χ0) is 22.2. The van der Waals surface area contributed by atoms with Crippen LogP contribution in [0.3, 0.4) is 0 Å². The monoisotopic (exact) mass is 436 g/mol. The molecule has 2 aliphatic rings. The molecule has 0 unspecified atom stereocenters. The van der Waals surface area contributed by atoms with Gasteiger partial charge in [-0.05, 0) is 54.7 Å². The standard InChI is InChI=1S/C26H32N2O4/c29-25(13-11-19-10-12-23-24(17-19)32-15-5-14-31-23)27-18-20-6-4-9-22(16-20)28-26(30)21-7-2-1-3-8-21/h4,6,9-10,12,16-17,21H,1-3,5,7-8,11,13-15,18H2,(H,27,29)(H,28,30). The summed E-state index contributed by atoms with van der Waals surface area (Å²) in [5.74, 6) is 1.76. The van der Waals surface area contributed by atoms with E-state index in [2.05, 4.69) is 10.6 Å². The van der Waals surface area contributed by atoms with Crippen molar-refractivity contribution >= 4 is 17.5 Å². The smallest absolute Gasteiger partial charge is 0.227 e. The second-order valence-corrected chi connectivity index (χ2v) is 8.63. The summed E-state index contributed by atoms with van der Waals surface area (Å²) >= 11 is 0. The van der Waals surface area contributed by atoms with E-state index in [-0.39, 0.29) is 17.7 Å². The molecule has 4 rings (SSSR count). The van der Waals surface area contributed by atoms with Gasteiger partial charge in [-0.3, -0.25) is 9.59 Å². The Balaban J connectivity index is 1.24. The molecule has 0 bridgehead atoms. The number of carbonyl (C=O) groups is 2. The highest BCUT2D eigenvalue weighted by Gasteiger charge is 2.21. The van der Waals surface area contributed by atoms with Gasteiger partial charge in [-0.25, -0.2) is 0 Å². The minimum Gasteiger partial charge on any atom is -0.490 e. The number of hydrogen-bond acceptors (Lipinski definition) is 4. The summed E-state index contributed by atoms with van der Waals surface area (Å²) in [5, 5.41) is 6.02. The van der Waals surface area contributed by atoms with Crippen molar-refractivity contribution in [3.05, 3.63) is 53.6 Å². The molecule has 1 heterocycles. The number of hydrogen-bond donors (Lipinski definition) is 2. The second kappa shape index (κ2) is 11.0. The minimum atomic E-state index is -0.00578. The Hall–Kier alpha value is -3.02. The van der Waals surface area contributed by atoms with Crippen LogP contribution >= 0.6 is 0 Å². The van der Waals surface area contributed by atoms with Gasteiger partial charge in [0.05, 0.1) is 13.2 Å². The van der Waals surface area contributed by atoms with Crippen molar-refractivity contribution in [2.45, 2.75) is 57.9 Å². The van der Waals surface area contributed by atoms with Crippen LogP contribution in [0.2, 0.25) is 0 Å². The van der Waals surface area contributed by atoms with E-state index in [9.17, 15) is 9.59 Å². The van der Waals surface area contributed by atoms with E-state index >= 15 is 0 Å². The molecule has 1 fully saturated rings. The van der Waals surface area contributed by atoms with Gasteiger partial charge in [0.25, 0.3) is 0 Å². The van der Waals surface area contributed by atoms with E-state index < -0.39 is 0 Å². The molecule has 1 saturated carbocycles. The highest BCUT2D eigenvalue weighted by molar-refractivity contribution is 5.92. The molecule has 0 saturated heterocycles. The maximum atomic E-state index is 12.5. The number of aryl methyl sites for hydroxylation is 1. The Labute approximate surface area is 189 Å². The van der Waals surface area contributed by atoms with Crippen LogP contribution in [-0.2, 0) is 22.6 Å². The van der Waals surface area contributed by atoms with Crippen LogP contribution in [0, 0.1) is 5.92 Å². The fourth-order valence-corrected chi connectivity index (χ4v) is 4.28. The molecule has 0 radical (unpaired) electrons. The number of benzene rings is 2. The van der Waals surface area contributed by atoms with Crippen LogP contribution in [0.15, 0.2) is 42.5 Å². The number of rotatable bonds is 7. The Morgan fingerprint density at radius 3 is 2.53 bits per heavy atom. The van der Waals surface area contributed by atoms with Crippen LogP contribution < -0.4 is 20.1 Å². The van der Waals surface area contributed by atoms with E-state index in [1.165, 1.54) is 6.42 Å². The maximum Gasteiger partial charge on any atom is 0.227 e. The molecule has 0 aromatic heterocycles. The van der Waals surface area contributed by atoms with Crippen LogP contribution in [0.25, 0.3) is 0 Å². The lowest BCUT2D eigenvalue weighted by Gasteiger charge is -2.20. The van der Waals surface area contributed by atoms with Crippen molar-refractivity contribution in [1.82, 2.24) is 5.32 Å². The summed E-state index contributed by atoms with van der Waals surface area (Å²) in [6, 6.07) is 13.6. The van der Waals surface area contributed by atoms with Gasteiger partial charge < -0.3 is 20.1 Å². The van der Waals surface area contributed by atoms with Crippen molar-refractivity contribution < 1.29 is 19.1 Å². The van der Waals surface area contributed by atoms with Gasteiger partial charge >= 0.3 is 0 Å². The molecule has 1 aliphatic carbocycles. The van der Waals surface area contributed by atoms with Gasteiger partial charge in [0.1, 0.15) is 0 Å². The third-order valence-electron chi connectivity index (χ3n) is 6.11. The lowest BCUT2D eigenvalue weighted by Crippen LogP contribution is -2.25. The third-order valence-corrected chi connectivity index (χ3v) is 6.11. The Morgan fingerprint density at radius 2 is 1.69 bits per heavy atom. The number of amides is 2. The lowest BCUT2D eigenvalue weighted by atomic mass is 9.88. The molecule has 6 heteroatoms. The molecule has 0 spiro atoms. The van der Waals surface area contributed by atoms with E-state index in [0.717, 1.165) is 60.4 Å². The molecule has 2 aromatic carbocycles. The predicted octanol–water partition coefficient (Wildman–Crippen LogP) is 4.62. The molecule has 0 atom stereocenters. The van der Waals surface area contributed by atoms with Crippen molar-refractivity contribution in [3.63, 3.8) is 0 Å². The average molecular weight is 437 g/mol. The summed E-state index contributed by atoms with van der Waals surface area (Å²) in [6.07, 6.45) is 7.37. The van der Waals surface area contributed by atoms with Crippen LogP contribution in [0.4, 0.5) is 5.69 Å². The number of fused-ring (bicyclic) bond motifs is 1. The fraction of sp³-hybridized carbons (Fsp3) is 0.462. The van der Waals surface area contributed by atoms with E-state index in [1.54, 1.807) is 0 Å². The SMILES string of the molecule is O=C(CCc1ccc2c(c1)OCCCO2)NCc1cccc(NC(=O)C2CCCCC2)c1. The molecule has 32 heavy (non-hydrogen) atoms. The van der Waals surface area contributed by atoms with Crippen LogP contribution in [-0.4, -0.2) is 25.0 Å². The number of ether oxygens (including phenoxy) is 2. The quantitative estimate of drug-likeness (QED) is 0.664. The topological polar surface area (TPSA) is 76.7 Å². The molecule has 2 N–H and O–H groups in total. The van der Waals surface area contributed by atoms with Gasteiger partial charge in [-0.2, -0.15) is 0 Å². The molecule has 170 valence electrons. The van der Waals surface area contributed by atoms with E-state index in [1.807, 2.05) is 42.5 Å². The van der Waals surface area contributed by atoms with Gasteiger partial charge in [-0.15, -0.1) is 0 Å². The molecular weight excluding hydrogens is 404 g/mol. The lowest BCUT2D eigenvalue weighted by molar-refractivity contribution is -0.121. The van der Waals surface area contributed by atoms with Crippen molar-refractivity contribution in [3.8, 4) is 11.5 Å². The zero-order valence-corrected chi connectivity index (χ0v) is 18.5. The number of anilines is 1. The van der Waals surface area contributed by atoms with Gasteiger partial charge in [0.2, 0.25) is 11.8 Å². The average Bonchev–Trinajstić information content (AvgIpc) is 3.07. The van der Waals surface area contributed by atoms with Crippen molar-refractivity contribution in [2.75, 3.05) is 18.5 Å². The first-order valence-corrected chi connectivity index (χ1v) is 11.7. The van der Waals surface area contributed by atoms with E-state index in [4.69, 9.17) is 9.47 Å². The zero-order valence-electron chi connectivity index (χ0n) is 18.5. The fourth-order valence-electron chi connectivity index (χ4n) is 4.28. The van der Waals surface area contributed by atoms with Crippen molar-refractivity contribution in [2.24, 2.45) is 5.92 Å². The summed E-state index contributed by atoms with van der Waals surface area (Å²) in [7, 11) is 0. The van der Waals surface area contributed by atoms with Gasteiger partial charge in [-0.1, -0.05) is 37.5 Å². The molecule has 1 aliphatic heterocycles. The predicted molar refractivity (Wildman–Crippen MR) is 124 cm³/mol. The summed E-state index contributed by atoms with van der Waals surface area (Å²) < 4.78 is 11.4. The van der Waals surface area contributed by atoms with E-state index in [0.29, 0.717) is 32.6 Å². The highest BCUT2D eigenvalue weighted by Crippen LogP contribution is 2.30. The maximum absolute atomic E-state index is 12.5. The Morgan fingerprint density at radius 1 is 0.875 bits per heavy atom. The Kier molecular flexibility index (Phi) is 7.64. The first-order valence-electron chi connectivity index (χ1n) is 11.7. The first-order chi connectivity index (χ1) is 15.7. The first kappa shape index (κ1) is 22.2. The van der Waals surface area contributed by atoms with Gasteiger partial charge in [0, 0.05) is 31.0 Å². The molecule has 6 nitrogen and oxygen atoms in total. The van der Waals surface area contributed by atoms with Crippen molar-refractivity contribution in [1.29, 1.82) is 0 Å². The summed E-state index contributed by atoms with van der Waals surface area (Å²) in [5.41, 5.74) is 2.81. The summed E-state index contributed by atoms with van der Waals surface area (Å²) in [4.78, 5) is 24.8. The van der Waals surface area contributed by atoms with Crippen LogP contribution in [0.1, 0.15) is 56.1 Å². The molecule has 2 aromatic rings. The van der Waals surface area contributed by atoms with Gasteiger partial charge in [0.15, 0.2) is 11.5 Å². The third kappa shape index (κ3) is 6.25. The number of nitrogens with one attached hydrogen (secondary N) is 2.